The number of hydrogen-bond donors (Lipinski definition) is 1. The maximum absolute atomic E-state index is 11.1. The molecule has 94 valence electrons. The monoisotopic (exact) mass is 235 g/mol. The second-order valence-corrected chi connectivity index (χ2v) is 4.10. The van der Waals surface area contributed by atoms with E-state index in [4.69, 9.17) is 4.74 Å². The largest absolute Gasteiger partial charge is 0.466 e. The average molecular weight is 235 g/mol. The molecule has 0 atom stereocenters. The van der Waals surface area contributed by atoms with Gasteiger partial charge in [0.15, 0.2) is 0 Å². The normalized spacial score (nSPS) is 10.1. The molecule has 0 aromatic heterocycles. The first-order valence-corrected chi connectivity index (χ1v) is 6.11. The number of hydrogen-bond acceptors (Lipinski definition) is 3. The van der Waals surface area contributed by atoms with Gasteiger partial charge in [-0.15, -0.1) is 0 Å². The van der Waals surface area contributed by atoms with Crippen molar-refractivity contribution in [3.63, 3.8) is 0 Å². The third-order valence-corrected chi connectivity index (χ3v) is 2.65. The second-order valence-electron chi connectivity index (χ2n) is 4.10. The van der Waals surface area contributed by atoms with E-state index in [-0.39, 0.29) is 5.97 Å². The number of para-hydroxylation sites is 1. The van der Waals surface area contributed by atoms with Gasteiger partial charge in [0.25, 0.3) is 0 Å². The zero-order valence-corrected chi connectivity index (χ0v) is 10.9. The van der Waals surface area contributed by atoms with Crippen LogP contribution in [0.1, 0.15) is 30.9 Å². The predicted octanol–water partition coefficient (Wildman–Crippen LogP) is 3.06. The maximum atomic E-state index is 11.1. The number of anilines is 1. The third kappa shape index (κ3) is 4.47. The van der Waals surface area contributed by atoms with Crippen LogP contribution in [-0.2, 0) is 9.53 Å². The molecule has 1 aromatic rings. The first-order chi connectivity index (χ1) is 8.15. The van der Waals surface area contributed by atoms with Crippen LogP contribution in [0.2, 0.25) is 0 Å². The Labute approximate surface area is 103 Å². The summed E-state index contributed by atoms with van der Waals surface area (Å²) in [5, 5.41) is 3.37. The molecule has 0 fully saturated rings. The van der Waals surface area contributed by atoms with E-state index < -0.39 is 0 Å². The van der Waals surface area contributed by atoms with Gasteiger partial charge >= 0.3 is 5.97 Å². The van der Waals surface area contributed by atoms with Crippen molar-refractivity contribution in [2.45, 2.75) is 33.6 Å². The van der Waals surface area contributed by atoms with Crippen molar-refractivity contribution in [1.82, 2.24) is 0 Å². The van der Waals surface area contributed by atoms with E-state index in [1.54, 1.807) is 0 Å². The summed E-state index contributed by atoms with van der Waals surface area (Å²) in [6.45, 7) is 7.25. The van der Waals surface area contributed by atoms with Gasteiger partial charge in [-0.2, -0.15) is 0 Å². The molecule has 1 N–H and O–H groups in total. The number of benzene rings is 1. The summed E-state index contributed by atoms with van der Waals surface area (Å²) in [6.07, 6.45) is 1.28. The predicted molar refractivity (Wildman–Crippen MR) is 70.3 cm³/mol. The van der Waals surface area contributed by atoms with Crippen LogP contribution in [0.25, 0.3) is 0 Å². The highest BCUT2D eigenvalue weighted by atomic mass is 16.5. The van der Waals surface area contributed by atoms with Gasteiger partial charge in [0.2, 0.25) is 0 Å². The molecule has 0 saturated heterocycles. The number of carbonyl (C=O) groups is 1. The van der Waals surface area contributed by atoms with Crippen LogP contribution >= 0.6 is 0 Å². The first kappa shape index (κ1) is 13.6. The molecule has 3 nitrogen and oxygen atoms in total. The maximum Gasteiger partial charge on any atom is 0.305 e. The highest BCUT2D eigenvalue weighted by Crippen LogP contribution is 2.19. The fraction of sp³-hybridized carbons (Fsp3) is 0.500. The molecule has 3 heteroatoms. The lowest BCUT2D eigenvalue weighted by atomic mass is 10.1. The SMILES string of the molecule is CCOC(=O)CCCNc1c(C)cccc1C. The summed E-state index contributed by atoms with van der Waals surface area (Å²) in [6, 6.07) is 6.22. The van der Waals surface area contributed by atoms with E-state index in [0.29, 0.717) is 13.0 Å². The number of rotatable bonds is 6. The molecule has 0 aliphatic heterocycles. The summed E-state index contributed by atoms with van der Waals surface area (Å²) < 4.78 is 4.87. The summed E-state index contributed by atoms with van der Waals surface area (Å²) in [4.78, 5) is 11.1. The van der Waals surface area contributed by atoms with Crippen LogP contribution < -0.4 is 5.32 Å². The van der Waals surface area contributed by atoms with Crippen LogP contribution in [0.3, 0.4) is 0 Å². The van der Waals surface area contributed by atoms with Crippen LogP contribution in [0.4, 0.5) is 5.69 Å². The van der Waals surface area contributed by atoms with E-state index in [0.717, 1.165) is 13.0 Å². The topological polar surface area (TPSA) is 38.3 Å². The first-order valence-electron chi connectivity index (χ1n) is 6.11. The van der Waals surface area contributed by atoms with Gasteiger partial charge in [0.05, 0.1) is 6.61 Å². The fourth-order valence-electron chi connectivity index (χ4n) is 1.77. The van der Waals surface area contributed by atoms with Gasteiger partial charge in [-0.1, -0.05) is 18.2 Å². The van der Waals surface area contributed by atoms with Crippen molar-refractivity contribution in [1.29, 1.82) is 0 Å². The Balaban J connectivity index is 2.34. The van der Waals surface area contributed by atoms with Gasteiger partial charge < -0.3 is 10.1 Å². The molecule has 0 amide bonds. The van der Waals surface area contributed by atoms with Crippen LogP contribution in [0.15, 0.2) is 18.2 Å². The van der Waals surface area contributed by atoms with Gasteiger partial charge in [-0.3, -0.25) is 4.79 Å². The minimum Gasteiger partial charge on any atom is -0.466 e. The minimum atomic E-state index is -0.115. The Hall–Kier alpha value is -1.51. The smallest absolute Gasteiger partial charge is 0.305 e. The summed E-state index contributed by atoms with van der Waals surface area (Å²) >= 11 is 0. The van der Waals surface area contributed by atoms with E-state index in [2.05, 4.69) is 37.4 Å². The fourth-order valence-corrected chi connectivity index (χ4v) is 1.77. The molecule has 0 aliphatic carbocycles. The van der Waals surface area contributed by atoms with Crippen molar-refractivity contribution in [3.8, 4) is 0 Å². The van der Waals surface area contributed by atoms with Gasteiger partial charge in [-0.05, 0) is 38.3 Å². The Bertz CT molecular complexity index is 354. The quantitative estimate of drug-likeness (QED) is 0.608. The molecule has 0 spiro atoms. The van der Waals surface area contributed by atoms with Gasteiger partial charge in [-0.25, -0.2) is 0 Å². The number of ether oxygens (including phenoxy) is 1. The standard InChI is InChI=1S/C14H21NO2/c1-4-17-13(16)9-6-10-15-14-11(2)7-5-8-12(14)3/h5,7-8,15H,4,6,9-10H2,1-3H3. The van der Waals surface area contributed by atoms with Crippen LogP contribution in [0, 0.1) is 13.8 Å². The van der Waals surface area contributed by atoms with Crippen molar-refractivity contribution in [2.24, 2.45) is 0 Å². The Morgan fingerprint density at radius 3 is 2.53 bits per heavy atom. The molecule has 0 aliphatic rings. The summed E-state index contributed by atoms with van der Waals surface area (Å²) in [5.41, 5.74) is 3.65. The molecule has 1 rings (SSSR count). The minimum absolute atomic E-state index is 0.115. The van der Waals surface area contributed by atoms with Crippen molar-refractivity contribution in [2.75, 3.05) is 18.5 Å². The van der Waals surface area contributed by atoms with E-state index in [1.807, 2.05) is 6.92 Å². The van der Waals surface area contributed by atoms with E-state index in [1.165, 1.54) is 16.8 Å². The number of nitrogens with one attached hydrogen (secondary N) is 1. The Morgan fingerprint density at radius 2 is 1.94 bits per heavy atom. The molecule has 0 radical (unpaired) electrons. The summed E-state index contributed by atoms with van der Waals surface area (Å²) in [7, 11) is 0. The van der Waals surface area contributed by atoms with Crippen molar-refractivity contribution in [3.05, 3.63) is 29.3 Å². The highest BCUT2D eigenvalue weighted by molar-refractivity contribution is 5.69. The Morgan fingerprint density at radius 1 is 1.29 bits per heavy atom. The van der Waals surface area contributed by atoms with E-state index >= 15 is 0 Å². The molecule has 17 heavy (non-hydrogen) atoms. The molecule has 1 aromatic carbocycles. The lowest BCUT2D eigenvalue weighted by Crippen LogP contribution is -2.09. The number of esters is 1. The third-order valence-electron chi connectivity index (χ3n) is 2.65. The summed E-state index contributed by atoms with van der Waals surface area (Å²) in [5.74, 6) is -0.115. The van der Waals surface area contributed by atoms with Crippen LogP contribution in [0.5, 0.6) is 0 Å². The molecular formula is C14H21NO2. The molecule has 0 saturated carbocycles. The van der Waals surface area contributed by atoms with E-state index in [9.17, 15) is 4.79 Å². The van der Waals surface area contributed by atoms with Crippen molar-refractivity contribution < 1.29 is 9.53 Å². The van der Waals surface area contributed by atoms with Crippen molar-refractivity contribution >= 4 is 11.7 Å². The molecule has 0 heterocycles. The zero-order valence-electron chi connectivity index (χ0n) is 10.9. The number of carbonyl (C=O) groups excluding carboxylic acids is 1. The molecular weight excluding hydrogens is 214 g/mol. The Kier molecular flexibility index (Phi) is 5.53. The lowest BCUT2D eigenvalue weighted by Gasteiger charge is -2.12. The molecule has 0 bridgehead atoms. The van der Waals surface area contributed by atoms with Crippen LogP contribution in [-0.4, -0.2) is 19.1 Å². The van der Waals surface area contributed by atoms with Gasteiger partial charge in [0.1, 0.15) is 0 Å². The lowest BCUT2D eigenvalue weighted by molar-refractivity contribution is -0.143. The average Bonchev–Trinajstić information content (AvgIpc) is 2.28. The highest BCUT2D eigenvalue weighted by Gasteiger charge is 2.03. The van der Waals surface area contributed by atoms with Gasteiger partial charge in [0, 0.05) is 18.7 Å². The zero-order chi connectivity index (χ0) is 12.7. The second kappa shape index (κ2) is 6.94. The molecule has 0 unspecified atom stereocenters. The number of aryl methyl sites for hydroxylation is 2.